The van der Waals surface area contributed by atoms with Gasteiger partial charge in [-0.15, -0.1) is 0 Å². The molecule has 0 heterocycles. The fraction of sp³-hybridized carbons (Fsp3) is 0.250. The van der Waals surface area contributed by atoms with Gasteiger partial charge >= 0.3 is 0 Å². The summed E-state index contributed by atoms with van der Waals surface area (Å²) in [4.78, 5) is 0. The van der Waals surface area contributed by atoms with Crippen LogP contribution < -0.4 is 0 Å². The first-order chi connectivity index (χ1) is 7.83. The molecule has 0 radical (unpaired) electrons. The van der Waals surface area contributed by atoms with Gasteiger partial charge in [0, 0.05) is 5.92 Å². The van der Waals surface area contributed by atoms with Crippen molar-refractivity contribution in [1.82, 2.24) is 0 Å². The molecular formula is C16H16. The van der Waals surface area contributed by atoms with Gasteiger partial charge in [-0.3, -0.25) is 0 Å². The van der Waals surface area contributed by atoms with E-state index in [4.69, 9.17) is 0 Å². The summed E-state index contributed by atoms with van der Waals surface area (Å²) in [5, 5.41) is 0. The zero-order chi connectivity index (χ0) is 11.1. The number of rotatable bonds is 1. The van der Waals surface area contributed by atoms with Crippen LogP contribution in [0, 0.1) is 6.92 Å². The highest BCUT2D eigenvalue weighted by Gasteiger charge is 2.27. The largest absolute Gasteiger partial charge is 0.0645 e. The fourth-order valence-electron chi connectivity index (χ4n) is 3.00. The Morgan fingerprint density at radius 1 is 0.938 bits per heavy atom. The van der Waals surface area contributed by atoms with Crippen molar-refractivity contribution in [3.05, 3.63) is 59.2 Å². The van der Waals surface area contributed by atoms with E-state index >= 15 is 0 Å². The predicted molar refractivity (Wildman–Crippen MR) is 68.7 cm³/mol. The summed E-state index contributed by atoms with van der Waals surface area (Å²) in [6.07, 6.45) is 1.19. The molecule has 1 atom stereocenters. The van der Waals surface area contributed by atoms with E-state index in [2.05, 4.69) is 56.3 Å². The van der Waals surface area contributed by atoms with Crippen LogP contribution in [0.3, 0.4) is 0 Å². The lowest BCUT2D eigenvalue weighted by atomic mass is 9.91. The Kier molecular flexibility index (Phi) is 2.10. The lowest BCUT2D eigenvalue weighted by Crippen LogP contribution is -1.96. The topological polar surface area (TPSA) is 0 Å². The molecule has 0 saturated carbocycles. The van der Waals surface area contributed by atoms with E-state index in [1.54, 1.807) is 5.56 Å². The van der Waals surface area contributed by atoms with E-state index in [-0.39, 0.29) is 0 Å². The summed E-state index contributed by atoms with van der Waals surface area (Å²) in [5.41, 5.74) is 7.37. The summed E-state index contributed by atoms with van der Waals surface area (Å²) in [7, 11) is 0. The highest BCUT2D eigenvalue weighted by atomic mass is 14.3. The molecule has 3 rings (SSSR count). The van der Waals surface area contributed by atoms with Crippen molar-refractivity contribution < 1.29 is 0 Å². The average Bonchev–Trinajstić information content (AvgIpc) is 2.65. The van der Waals surface area contributed by atoms with Crippen LogP contribution in [0.1, 0.15) is 36.0 Å². The molecule has 16 heavy (non-hydrogen) atoms. The van der Waals surface area contributed by atoms with Crippen molar-refractivity contribution in [3.63, 3.8) is 0 Å². The Balaban J connectivity index is 2.34. The van der Waals surface area contributed by atoms with Crippen molar-refractivity contribution in [2.75, 3.05) is 0 Å². The predicted octanol–water partition coefficient (Wildman–Crippen LogP) is 4.52. The van der Waals surface area contributed by atoms with Gasteiger partial charge in [0.1, 0.15) is 0 Å². The van der Waals surface area contributed by atoms with E-state index in [0.717, 1.165) is 0 Å². The molecule has 0 fully saturated rings. The molecule has 0 N–H and O–H groups in total. The maximum atomic E-state index is 2.28. The van der Waals surface area contributed by atoms with E-state index in [9.17, 15) is 0 Å². The molecule has 0 heteroatoms. The van der Waals surface area contributed by atoms with Gasteiger partial charge in [0.05, 0.1) is 0 Å². The van der Waals surface area contributed by atoms with E-state index in [1.807, 2.05) is 0 Å². The minimum atomic E-state index is 0.604. The van der Waals surface area contributed by atoms with Gasteiger partial charge in [0.25, 0.3) is 0 Å². The molecule has 0 spiro atoms. The highest BCUT2D eigenvalue weighted by Crippen LogP contribution is 2.47. The first-order valence-electron chi connectivity index (χ1n) is 6.01. The van der Waals surface area contributed by atoms with Crippen LogP contribution in [0.15, 0.2) is 42.5 Å². The van der Waals surface area contributed by atoms with Crippen LogP contribution in [0.25, 0.3) is 11.1 Å². The average molecular weight is 208 g/mol. The molecule has 0 amide bonds. The highest BCUT2D eigenvalue weighted by molar-refractivity contribution is 5.79. The van der Waals surface area contributed by atoms with Gasteiger partial charge in [-0.25, -0.2) is 0 Å². The second-order valence-electron chi connectivity index (χ2n) is 4.58. The maximum Gasteiger partial charge on any atom is 0.0102 e. The van der Waals surface area contributed by atoms with Crippen LogP contribution in [0.4, 0.5) is 0 Å². The standard InChI is InChI=1S/C16H16/c1-3-12-13-8-4-5-9-14(13)15-10-6-7-11(2)16(12)15/h4-10,12H,3H2,1-2H3. The minimum Gasteiger partial charge on any atom is -0.0645 e. The number of benzene rings is 2. The van der Waals surface area contributed by atoms with Crippen LogP contribution in [0.2, 0.25) is 0 Å². The third-order valence-electron chi connectivity index (χ3n) is 3.71. The second-order valence-corrected chi connectivity index (χ2v) is 4.58. The van der Waals surface area contributed by atoms with E-state index in [1.165, 1.54) is 28.7 Å². The van der Waals surface area contributed by atoms with Crippen molar-refractivity contribution >= 4 is 0 Å². The Hall–Kier alpha value is -1.56. The Labute approximate surface area is 96.9 Å². The summed E-state index contributed by atoms with van der Waals surface area (Å²) < 4.78 is 0. The molecule has 1 unspecified atom stereocenters. The third kappa shape index (κ3) is 1.16. The van der Waals surface area contributed by atoms with Gasteiger partial charge in [0.15, 0.2) is 0 Å². The van der Waals surface area contributed by atoms with Crippen LogP contribution in [-0.4, -0.2) is 0 Å². The molecule has 2 aromatic rings. The van der Waals surface area contributed by atoms with Gasteiger partial charge in [-0.2, -0.15) is 0 Å². The maximum absolute atomic E-state index is 2.28. The number of aryl methyl sites for hydroxylation is 1. The molecule has 0 bridgehead atoms. The number of hydrogen-bond donors (Lipinski definition) is 0. The van der Waals surface area contributed by atoms with Crippen LogP contribution >= 0.6 is 0 Å². The SMILES string of the molecule is CCC1c2ccccc2-c2cccc(C)c21. The molecule has 0 nitrogen and oxygen atoms in total. The van der Waals surface area contributed by atoms with Gasteiger partial charge < -0.3 is 0 Å². The Bertz CT molecular complexity index is 537. The summed E-state index contributed by atoms with van der Waals surface area (Å²) in [6.45, 7) is 4.51. The first-order valence-corrected chi connectivity index (χ1v) is 6.01. The van der Waals surface area contributed by atoms with Gasteiger partial charge in [-0.1, -0.05) is 49.4 Å². The summed E-state index contributed by atoms with van der Waals surface area (Å²) in [6, 6.07) is 15.5. The quantitative estimate of drug-likeness (QED) is 0.646. The van der Waals surface area contributed by atoms with Gasteiger partial charge in [-0.05, 0) is 41.2 Å². The summed E-state index contributed by atoms with van der Waals surface area (Å²) >= 11 is 0. The van der Waals surface area contributed by atoms with Crippen molar-refractivity contribution in [3.8, 4) is 11.1 Å². The van der Waals surface area contributed by atoms with E-state index < -0.39 is 0 Å². The molecule has 0 aliphatic heterocycles. The van der Waals surface area contributed by atoms with Crippen molar-refractivity contribution in [1.29, 1.82) is 0 Å². The minimum absolute atomic E-state index is 0.604. The lowest BCUT2D eigenvalue weighted by molar-refractivity contribution is 0.791. The first kappa shape index (κ1) is 9.65. The third-order valence-corrected chi connectivity index (χ3v) is 3.71. The van der Waals surface area contributed by atoms with Crippen LogP contribution in [-0.2, 0) is 0 Å². The lowest BCUT2D eigenvalue weighted by Gasteiger charge is -2.12. The molecule has 0 aromatic heterocycles. The molecular weight excluding hydrogens is 192 g/mol. The number of hydrogen-bond acceptors (Lipinski definition) is 0. The zero-order valence-electron chi connectivity index (χ0n) is 9.83. The molecule has 0 saturated heterocycles. The second kappa shape index (κ2) is 3.48. The Morgan fingerprint density at radius 2 is 1.69 bits per heavy atom. The zero-order valence-corrected chi connectivity index (χ0v) is 9.83. The van der Waals surface area contributed by atoms with Crippen molar-refractivity contribution in [2.45, 2.75) is 26.2 Å². The number of fused-ring (bicyclic) bond motifs is 3. The molecule has 2 aromatic carbocycles. The monoisotopic (exact) mass is 208 g/mol. The smallest absolute Gasteiger partial charge is 0.0102 e. The van der Waals surface area contributed by atoms with E-state index in [0.29, 0.717) is 5.92 Å². The van der Waals surface area contributed by atoms with Crippen molar-refractivity contribution in [2.24, 2.45) is 0 Å². The molecule has 1 aliphatic rings. The molecule has 80 valence electrons. The summed E-state index contributed by atoms with van der Waals surface area (Å²) in [5.74, 6) is 0.604. The van der Waals surface area contributed by atoms with Crippen LogP contribution in [0.5, 0.6) is 0 Å². The normalized spacial score (nSPS) is 17.0. The van der Waals surface area contributed by atoms with Gasteiger partial charge in [0.2, 0.25) is 0 Å². The fourth-order valence-corrected chi connectivity index (χ4v) is 3.00. The molecule has 1 aliphatic carbocycles. The Morgan fingerprint density at radius 3 is 2.50 bits per heavy atom.